The Bertz CT molecular complexity index is 590. The average molecular weight is 347 g/mol. The first kappa shape index (κ1) is 16.6. The lowest BCUT2D eigenvalue weighted by Crippen LogP contribution is -2.23. The lowest BCUT2D eigenvalue weighted by molar-refractivity contribution is 0.528. The molecule has 2 aromatic rings. The van der Waals surface area contributed by atoms with Gasteiger partial charge in [0.15, 0.2) is 0 Å². The maximum absolute atomic E-state index is 14.0. The summed E-state index contributed by atoms with van der Waals surface area (Å²) in [5.41, 5.74) is 1.40. The minimum absolute atomic E-state index is 0.111. The van der Waals surface area contributed by atoms with Crippen molar-refractivity contribution in [3.8, 4) is 0 Å². The van der Waals surface area contributed by atoms with Gasteiger partial charge in [-0.1, -0.05) is 47.8 Å². The Morgan fingerprint density at radius 2 is 1.76 bits per heavy atom. The van der Waals surface area contributed by atoms with Crippen LogP contribution in [0.5, 0.6) is 0 Å². The first-order chi connectivity index (χ1) is 10.0. The molecule has 0 aliphatic heterocycles. The highest BCUT2D eigenvalue weighted by molar-refractivity contribution is 6.34. The number of benzene rings is 2. The number of likely N-dealkylation sites (N-methyl/N-ethyl adjacent to an activating group) is 1. The smallest absolute Gasteiger partial charge is 0.127 e. The van der Waals surface area contributed by atoms with E-state index in [1.807, 2.05) is 19.1 Å². The third-order valence-corrected chi connectivity index (χ3v) is 4.00. The third kappa shape index (κ3) is 4.33. The van der Waals surface area contributed by atoms with Gasteiger partial charge in [0.05, 0.1) is 0 Å². The molecule has 112 valence electrons. The number of rotatable bonds is 5. The Kier molecular flexibility index (Phi) is 5.88. The first-order valence-corrected chi connectivity index (χ1v) is 7.77. The zero-order chi connectivity index (χ0) is 15.4. The van der Waals surface area contributed by atoms with E-state index in [0.29, 0.717) is 27.1 Å². The molecule has 0 aliphatic rings. The van der Waals surface area contributed by atoms with Gasteiger partial charge in [0.2, 0.25) is 0 Å². The minimum atomic E-state index is -0.307. The molecular weight excluding hydrogens is 332 g/mol. The van der Waals surface area contributed by atoms with Crippen LogP contribution in [0.15, 0.2) is 36.4 Å². The van der Waals surface area contributed by atoms with Crippen molar-refractivity contribution in [1.29, 1.82) is 0 Å². The molecule has 0 saturated heterocycles. The van der Waals surface area contributed by atoms with Crippen LogP contribution in [0, 0.1) is 5.82 Å². The third-order valence-electron chi connectivity index (χ3n) is 3.21. The zero-order valence-electron chi connectivity index (χ0n) is 11.5. The average Bonchev–Trinajstić information content (AvgIpc) is 2.40. The molecule has 0 bridgehead atoms. The van der Waals surface area contributed by atoms with Crippen LogP contribution in [0.3, 0.4) is 0 Å². The van der Waals surface area contributed by atoms with Gasteiger partial charge in [0.1, 0.15) is 5.82 Å². The second kappa shape index (κ2) is 7.46. The van der Waals surface area contributed by atoms with E-state index in [0.717, 1.165) is 12.1 Å². The summed E-state index contributed by atoms with van der Waals surface area (Å²) in [7, 11) is 0. The Hall–Kier alpha value is -0.800. The molecule has 1 atom stereocenters. The van der Waals surface area contributed by atoms with Gasteiger partial charge in [0, 0.05) is 26.7 Å². The fraction of sp³-hybridized carbons (Fsp3) is 0.250. The van der Waals surface area contributed by atoms with Crippen LogP contribution in [-0.4, -0.2) is 6.54 Å². The Balaban J connectivity index is 2.35. The van der Waals surface area contributed by atoms with Crippen molar-refractivity contribution in [3.05, 3.63) is 68.4 Å². The molecule has 5 heteroatoms. The Morgan fingerprint density at radius 3 is 2.33 bits per heavy atom. The summed E-state index contributed by atoms with van der Waals surface area (Å²) in [6.45, 7) is 2.73. The molecule has 0 spiro atoms. The normalized spacial score (nSPS) is 12.4. The van der Waals surface area contributed by atoms with E-state index in [1.54, 1.807) is 18.2 Å². The molecule has 2 aromatic carbocycles. The van der Waals surface area contributed by atoms with Crippen molar-refractivity contribution >= 4 is 34.8 Å². The number of halogens is 4. The molecule has 0 radical (unpaired) electrons. The molecule has 0 saturated carbocycles. The summed E-state index contributed by atoms with van der Waals surface area (Å²) in [6.07, 6.45) is 0.427. The number of hydrogen-bond acceptors (Lipinski definition) is 1. The quantitative estimate of drug-likeness (QED) is 0.734. The maximum Gasteiger partial charge on any atom is 0.127 e. The van der Waals surface area contributed by atoms with Crippen molar-refractivity contribution < 1.29 is 4.39 Å². The molecular formula is C16H15Cl3FN. The van der Waals surface area contributed by atoms with Crippen LogP contribution in [0.1, 0.15) is 24.1 Å². The lowest BCUT2D eigenvalue weighted by Gasteiger charge is -2.20. The van der Waals surface area contributed by atoms with Gasteiger partial charge >= 0.3 is 0 Å². The van der Waals surface area contributed by atoms with E-state index >= 15 is 0 Å². The SMILES string of the molecule is CCNC(Cc1c(F)cccc1Cl)c1cc(Cl)cc(Cl)c1. The highest BCUT2D eigenvalue weighted by Crippen LogP contribution is 2.29. The second-order valence-electron chi connectivity index (χ2n) is 4.72. The van der Waals surface area contributed by atoms with Gasteiger partial charge in [0.25, 0.3) is 0 Å². The molecule has 1 unspecified atom stereocenters. The minimum Gasteiger partial charge on any atom is -0.310 e. The second-order valence-corrected chi connectivity index (χ2v) is 6.00. The van der Waals surface area contributed by atoms with E-state index in [9.17, 15) is 4.39 Å². The maximum atomic E-state index is 14.0. The summed E-state index contributed by atoms with van der Waals surface area (Å²) in [4.78, 5) is 0. The van der Waals surface area contributed by atoms with Gasteiger partial charge in [-0.15, -0.1) is 0 Å². The van der Waals surface area contributed by atoms with E-state index in [2.05, 4.69) is 5.32 Å². The van der Waals surface area contributed by atoms with Crippen molar-refractivity contribution in [2.45, 2.75) is 19.4 Å². The van der Waals surface area contributed by atoms with Crippen molar-refractivity contribution in [2.24, 2.45) is 0 Å². The number of nitrogens with one attached hydrogen (secondary N) is 1. The lowest BCUT2D eigenvalue weighted by atomic mass is 9.98. The molecule has 0 fully saturated rings. The standard InChI is InChI=1S/C16H15Cl3FN/c1-2-21-16(10-6-11(17)8-12(18)7-10)9-13-14(19)4-3-5-15(13)20/h3-8,16,21H,2,9H2,1H3. The summed E-state index contributed by atoms with van der Waals surface area (Å²) >= 11 is 18.2. The van der Waals surface area contributed by atoms with Crippen LogP contribution >= 0.6 is 34.8 Å². The van der Waals surface area contributed by atoms with Crippen LogP contribution in [0.2, 0.25) is 15.1 Å². The summed E-state index contributed by atoms with van der Waals surface area (Å²) in [6, 6.07) is 9.92. The first-order valence-electron chi connectivity index (χ1n) is 6.63. The van der Waals surface area contributed by atoms with Gasteiger partial charge in [-0.05, 0) is 48.9 Å². The van der Waals surface area contributed by atoms with Crippen molar-refractivity contribution in [1.82, 2.24) is 5.32 Å². The predicted octanol–water partition coefficient (Wildman–Crippen LogP) is 5.68. The highest BCUT2D eigenvalue weighted by atomic mass is 35.5. The van der Waals surface area contributed by atoms with Gasteiger partial charge < -0.3 is 5.32 Å². The topological polar surface area (TPSA) is 12.0 Å². The molecule has 0 heterocycles. The molecule has 2 rings (SSSR count). The van der Waals surface area contributed by atoms with Crippen molar-refractivity contribution in [3.63, 3.8) is 0 Å². The molecule has 1 N–H and O–H groups in total. The Labute approximate surface area is 139 Å². The van der Waals surface area contributed by atoms with Gasteiger partial charge in [-0.3, -0.25) is 0 Å². The molecule has 0 amide bonds. The van der Waals surface area contributed by atoms with Crippen LogP contribution in [0.4, 0.5) is 4.39 Å². The van der Waals surface area contributed by atoms with E-state index in [-0.39, 0.29) is 11.9 Å². The Morgan fingerprint density at radius 1 is 1.10 bits per heavy atom. The van der Waals surface area contributed by atoms with Gasteiger partial charge in [-0.2, -0.15) is 0 Å². The molecule has 1 nitrogen and oxygen atoms in total. The summed E-state index contributed by atoms with van der Waals surface area (Å²) in [5.74, 6) is -0.307. The zero-order valence-corrected chi connectivity index (χ0v) is 13.7. The monoisotopic (exact) mass is 345 g/mol. The molecule has 0 aromatic heterocycles. The predicted molar refractivity (Wildman–Crippen MR) is 88.0 cm³/mol. The van der Waals surface area contributed by atoms with Crippen LogP contribution in [-0.2, 0) is 6.42 Å². The summed E-state index contributed by atoms with van der Waals surface area (Å²) < 4.78 is 14.0. The number of hydrogen-bond donors (Lipinski definition) is 1. The van der Waals surface area contributed by atoms with Crippen LogP contribution in [0.25, 0.3) is 0 Å². The largest absolute Gasteiger partial charge is 0.310 e. The fourth-order valence-corrected chi connectivity index (χ4v) is 3.05. The van der Waals surface area contributed by atoms with E-state index < -0.39 is 0 Å². The van der Waals surface area contributed by atoms with E-state index in [1.165, 1.54) is 6.07 Å². The molecule has 0 aliphatic carbocycles. The molecule has 21 heavy (non-hydrogen) atoms. The van der Waals surface area contributed by atoms with Crippen LogP contribution < -0.4 is 5.32 Å². The van der Waals surface area contributed by atoms with Gasteiger partial charge in [-0.25, -0.2) is 4.39 Å². The van der Waals surface area contributed by atoms with Crippen molar-refractivity contribution in [2.75, 3.05) is 6.54 Å². The highest BCUT2D eigenvalue weighted by Gasteiger charge is 2.17. The van der Waals surface area contributed by atoms with E-state index in [4.69, 9.17) is 34.8 Å². The fourth-order valence-electron chi connectivity index (χ4n) is 2.26. The summed E-state index contributed by atoms with van der Waals surface area (Å²) in [5, 5.41) is 4.85.